The van der Waals surface area contributed by atoms with Gasteiger partial charge in [0.15, 0.2) is 0 Å². The van der Waals surface area contributed by atoms with Gasteiger partial charge in [-0.25, -0.2) is 9.59 Å². The number of hydrogen-bond donors (Lipinski definition) is 4. The van der Waals surface area contributed by atoms with Crippen molar-refractivity contribution in [3.63, 3.8) is 0 Å². The molecule has 0 aliphatic heterocycles. The van der Waals surface area contributed by atoms with Gasteiger partial charge in [-0.1, -0.05) is 49.7 Å². The van der Waals surface area contributed by atoms with E-state index >= 15 is 0 Å². The van der Waals surface area contributed by atoms with E-state index in [0.717, 1.165) is 12.8 Å². The smallest absolute Gasteiger partial charge is 0.335 e. The molecule has 1 atom stereocenters. The lowest BCUT2D eigenvalue weighted by Gasteiger charge is -2.04. The second-order valence-corrected chi connectivity index (χ2v) is 5.30. The molecule has 0 fully saturated rings. The largest absolute Gasteiger partial charge is 0.478 e. The maximum absolute atomic E-state index is 10.2. The van der Waals surface area contributed by atoms with Crippen molar-refractivity contribution in [2.24, 2.45) is 0 Å². The van der Waals surface area contributed by atoms with Gasteiger partial charge in [0, 0.05) is 6.61 Å². The van der Waals surface area contributed by atoms with E-state index in [-0.39, 0.29) is 12.7 Å². The Hall–Kier alpha value is -2.70. The van der Waals surface area contributed by atoms with Crippen LogP contribution in [0.3, 0.4) is 0 Å². The van der Waals surface area contributed by atoms with Gasteiger partial charge in [0.05, 0.1) is 17.2 Å². The van der Waals surface area contributed by atoms with Gasteiger partial charge in [0.25, 0.3) is 0 Å². The molecule has 0 aliphatic rings. The molecule has 2 rings (SSSR count). The highest BCUT2D eigenvalue weighted by Crippen LogP contribution is 1.99. The van der Waals surface area contributed by atoms with E-state index in [1.165, 1.54) is 0 Å². The molecule has 0 heterocycles. The molecular formula is C20H26O6. The Bertz CT molecular complexity index is 557. The fourth-order valence-corrected chi connectivity index (χ4v) is 1.79. The van der Waals surface area contributed by atoms with E-state index in [4.69, 9.17) is 20.4 Å². The molecule has 4 N–H and O–H groups in total. The molecule has 0 amide bonds. The second-order valence-electron chi connectivity index (χ2n) is 5.30. The summed E-state index contributed by atoms with van der Waals surface area (Å²) < 4.78 is 0. The van der Waals surface area contributed by atoms with Gasteiger partial charge in [0.2, 0.25) is 0 Å². The fourth-order valence-electron chi connectivity index (χ4n) is 1.79. The Morgan fingerprint density at radius 3 is 1.42 bits per heavy atom. The number of carboxylic acids is 2. The third-order valence-corrected chi connectivity index (χ3v) is 3.13. The summed E-state index contributed by atoms with van der Waals surface area (Å²) in [6.45, 7) is 2.11. The van der Waals surface area contributed by atoms with Gasteiger partial charge in [-0.05, 0) is 37.1 Å². The lowest BCUT2D eigenvalue weighted by molar-refractivity contribution is 0.0686. The van der Waals surface area contributed by atoms with Crippen LogP contribution in [-0.4, -0.2) is 45.1 Å². The third-order valence-electron chi connectivity index (χ3n) is 3.13. The molecule has 6 nitrogen and oxygen atoms in total. The number of aliphatic hydroxyl groups excluding tert-OH is 2. The quantitative estimate of drug-likeness (QED) is 0.627. The zero-order chi connectivity index (χ0) is 19.8. The number of carbonyl (C=O) groups is 2. The predicted molar refractivity (Wildman–Crippen MR) is 99.4 cm³/mol. The van der Waals surface area contributed by atoms with Crippen molar-refractivity contribution in [1.82, 2.24) is 0 Å². The number of benzene rings is 2. The summed E-state index contributed by atoms with van der Waals surface area (Å²) in [5.41, 5.74) is 0.662. The lowest BCUT2D eigenvalue weighted by Crippen LogP contribution is -2.07. The van der Waals surface area contributed by atoms with E-state index < -0.39 is 11.9 Å². The summed E-state index contributed by atoms with van der Waals surface area (Å²) in [7, 11) is 0. The molecule has 142 valence electrons. The highest BCUT2D eigenvalue weighted by atomic mass is 16.4. The van der Waals surface area contributed by atoms with Crippen LogP contribution in [0.25, 0.3) is 0 Å². The Balaban J connectivity index is 0.000000362. The first kappa shape index (κ1) is 23.3. The molecule has 26 heavy (non-hydrogen) atoms. The molecule has 0 spiro atoms. The van der Waals surface area contributed by atoms with Crippen LogP contribution >= 0.6 is 0 Å². The molecule has 2 aromatic carbocycles. The van der Waals surface area contributed by atoms with Crippen LogP contribution in [-0.2, 0) is 0 Å². The van der Waals surface area contributed by atoms with Gasteiger partial charge in [-0.3, -0.25) is 0 Å². The molecule has 0 aliphatic carbocycles. The first-order valence-electron chi connectivity index (χ1n) is 8.27. The minimum absolute atomic E-state index is 0.0984. The van der Waals surface area contributed by atoms with Crippen molar-refractivity contribution in [3.05, 3.63) is 71.8 Å². The van der Waals surface area contributed by atoms with Crippen LogP contribution in [0.2, 0.25) is 0 Å². The van der Waals surface area contributed by atoms with E-state index in [9.17, 15) is 9.59 Å². The zero-order valence-corrected chi connectivity index (χ0v) is 14.8. The Labute approximate surface area is 153 Å². The fraction of sp³-hybridized carbons (Fsp3) is 0.300. The average molecular weight is 362 g/mol. The van der Waals surface area contributed by atoms with E-state index in [2.05, 4.69) is 0 Å². The summed E-state index contributed by atoms with van der Waals surface area (Å²) in [4.78, 5) is 20.4. The number of aliphatic hydroxyl groups is 2. The van der Waals surface area contributed by atoms with Gasteiger partial charge >= 0.3 is 11.9 Å². The average Bonchev–Trinajstić information content (AvgIpc) is 2.65. The minimum Gasteiger partial charge on any atom is -0.478 e. The van der Waals surface area contributed by atoms with Crippen LogP contribution in [0.5, 0.6) is 0 Å². The molecule has 0 saturated heterocycles. The standard InChI is InChI=1S/2C7H6O2.C6H14O2/c2*8-7(9)6-4-2-1-3-5-6;1-2-3-6(8)4-5-7/h2*1-5H,(H,8,9);6-8H,2-5H2,1H3. The summed E-state index contributed by atoms with van der Waals surface area (Å²) in [6, 6.07) is 16.6. The molecule has 6 heteroatoms. The zero-order valence-electron chi connectivity index (χ0n) is 14.8. The van der Waals surface area contributed by atoms with Crippen LogP contribution in [0.1, 0.15) is 46.9 Å². The highest BCUT2D eigenvalue weighted by Gasteiger charge is 1.99. The van der Waals surface area contributed by atoms with Crippen molar-refractivity contribution >= 4 is 11.9 Å². The molecule has 0 bridgehead atoms. The monoisotopic (exact) mass is 362 g/mol. The Morgan fingerprint density at radius 1 is 0.808 bits per heavy atom. The SMILES string of the molecule is CCCC(O)CCO.O=C(O)c1ccccc1.O=C(O)c1ccccc1. The number of rotatable bonds is 6. The normalized spacial score (nSPS) is 10.4. The molecule has 1 unspecified atom stereocenters. The Morgan fingerprint density at radius 2 is 1.19 bits per heavy atom. The molecular weight excluding hydrogens is 336 g/mol. The maximum atomic E-state index is 10.2. The number of hydrogen-bond acceptors (Lipinski definition) is 4. The summed E-state index contributed by atoms with van der Waals surface area (Å²) in [5.74, 6) is -1.76. The minimum atomic E-state index is -0.879. The van der Waals surface area contributed by atoms with Crippen molar-refractivity contribution in [2.45, 2.75) is 32.3 Å². The third kappa shape index (κ3) is 11.8. The first-order chi connectivity index (χ1) is 12.4. The molecule has 0 saturated carbocycles. The van der Waals surface area contributed by atoms with Gasteiger partial charge in [0.1, 0.15) is 0 Å². The van der Waals surface area contributed by atoms with Crippen LogP contribution in [0.4, 0.5) is 0 Å². The van der Waals surface area contributed by atoms with E-state index in [1.807, 2.05) is 6.92 Å². The van der Waals surface area contributed by atoms with Crippen molar-refractivity contribution in [2.75, 3.05) is 6.61 Å². The van der Waals surface area contributed by atoms with Crippen LogP contribution < -0.4 is 0 Å². The van der Waals surface area contributed by atoms with Crippen molar-refractivity contribution in [1.29, 1.82) is 0 Å². The molecule has 2 aromatic rings. The molecule has 0 aromatic heterocycles. The summed E-state index contributed by atoms with van der Waals surface area (Å²) >= 11 is 0. The maximum Gasteiger partial charge on any atom is 0.335 e. The lowest BCUT2D eigenvalue weighted by atomic mass is 10.2. The van der Waals surface area contributed by atoms with Crippen LogP contribution in [0, 0.1) is 0 Å². The Kier molecular flexibility index (Phi) is 13.1. The number of aromatic carboxylic acids is 2. The van der Waals surface area contributed by atoms with Crippen molar-refractivity contribution in [3.8, 4) is 0 Å². The molecule has 0 radical (unpaired) electrons. The van der Waals surface area contributed by atoms with E-state index in [1.54, 1.807) is 60.7 Å². The second kappa shape index (κ2) is 14.6. The first-order valence-corrected chi connectivity index (χ1v) is 8.27. The van der Waals surface area contributed by atoms with Crippen LogP contribution in [0.15, 0.2) is 60.7 Å². The van der Waals surface area contributed by atoms with Gasteiger partial charge < -0.3 is 20.4 Å². The predicted octanol–water partition coefficient (Wildman–Crippen LogP) is 3.30. The summed E-state index contributed by atoms with van der Waals surface area (Å²) in [6.07, 6.45) is 2.03. The highest BCUT2D eigenvalue weighted by molar-refractivity contribution is 5.87. The van der Waals surface area contributed by atoms with Gasteiger partial charge in [-0.15, -0.1) is 0 Å². The number of carboxylic acid groups (broad SMARTS) is 2. The van der Waals surface area contributed by atoms with Crippen molar-refractivity contribution < 1.29 is 30.0 Å². The summed E-state index contributed by atoms with van der Waals surface area (Å²) in [5, 5.41) is 34.0. The van der Waals surface area contributed by atoms with E-state index in [0.29, 0.717) is 17.5 Å². The van der Waals surface area contributed by atoms with Gasteiger partial charge in [-0.2, -0.15) is 0 Å². The topological polar surface area (TPSA) is 115 Å².